The van der Waals surface area contributed by atoms with E-state index in [4.69, 9.17) is 12.1 Å². The molecule has 0 bridgehead atoms. The minimum Gasteiger partial charge on any atom is -0.219 e. The minimum absolute atomic E-state index is 0.739. The van der Waals surface area contributed by atoms with Crippen molar-refractivity contribution < 1.29 is 4.52 Å². The summed E-state index contributed by atoms with van der Waals surface area (Å²) in [6.45, 7) is 1.62. The monoisotopic (exact) mass is 145 g/mol. The van der Waals surface area contributed by atoms with E-state index in [-0.39, 0.29) is 0 Å². The van der Waals surface area contributed by atoms with Gasteiger partial charge in [-0.1, -0.05) is 0 Å². The first-order chi connectivity index (χ1) is 4.15. The molecule has 1 unspecified atom stereocenters. The van der Waals surface area contributed by atoms with Crippen molar-refractivity contribution in [1.29, 1.82) is 0 Å². The molecular formula is C4H11BN2OP+. The molecule has 1 aliphatic heterocycles. The van der Waals surface area contributed by atoms with Gasteiger partial charge >= 0.3 is 7.57 Å². The van der Waals surface area contributed by atoms with Crippen molar-refractivity contribution in [2.75, 3.05) is 27.2 Å². The molecule has 50 valence electrons. The molecule has 0 saturated carbocycles. The van der Waals surface area contributed by atoms with Crippen molar-refractivity contribution in [3.05, 3.63) is 0 Å². The van der Waals surface area contributed by atoms with Gasteiger partial charge in [-0.3, -0.25) is 0 Å². The van der Waals surface area contributed by atoms with Gasteiger partial charge in [0, 0.05) is 14.1 Å². The van der Waals surface area contributed by atoms with E-state index in [0.29, 0.717) is 0 Å². The molecule has 1 saturated heterocycles. The highest BCUT2D eigenvalue weighted by molar-refractivity contribution is 7.90. The molecule has 3 nitrogen and oxygen atoms in total. The zero-order valence-corrected chi connectivity index (χ0v) is 6.69. The van der Waals surface area contributed by atoms with Crippen LogP contribution >= 0.6 is 7.67 Å². The van der Waals surface area contributed by atoms with E-state index >= 15 is 0 Å². The quantitative estimate of drug-likeness (QED) is 0.415. The molecule has 2 radical (unpaired) electrons. The molecule has 0 spiro atoms. The lowest BCUT2D eigenvalue weighted by Gasteiger charge is -2.20. The molecular weight excluding hydrogens is 134 g/mol. The van der Waals surface area contributed by atoms with E-state index in [2.05, 4.69) is 5.09 Å². The molecule has 1 rings (SSSR count). The summed E-state index contributed by atoms with van der Waals surface area (Å²) in [6.07, 6.45) is 0. The Bertz CT molecular complexity index is 105. The summed E-state index contributed by atoms with van der Waals surface area (Å²) in [5.74, 6) is 0. The van der Waals surface area contributed by atoms with Crippen LogP contribution < -0.4 is 5.09 Å². The Hall–Kier alpha value is 0.375. The summed E-state index contributed by atoms with van der Waals surface area (Å²) in [6, 6.07) is 0. The van der Waals surface area contributed by atoms with Crippen LogP contribution in [0.1, 0.15) is 0 Å². The third-order valence-corrected chi connectivity index (χ3v) is 3.76. The van der Waals surface area contributed by atoms with Crippen LogP contribution in [0.4, 0.5) is 0 Å². The van der Waals surface area contributed by atoms with E-state index in [0.717, 1.165) is 13.2 Å². The number of rotatable bonds is 1. The number of hydrogen-bond donors (Lipinski definition) is 1. The van der Waals surface area contributed by atoms with Crippen molar-refractivity contribution in [3.63, 3.8) is 0 Å². The van der Waals surface area contributed by atoms with Gasteiger partial charge < -0.3 is 0 Å². The predicted octanol–water partition coefficient (Wildman–Crippen LogP) is 0.0139. The number of nitrogens with one attached hydrogen (secondary N) is 1. The maximum Gasteiger partial charge on any atom is 0.452 e. The SMILES string of the molecule is [B][P+]1(N(C)C)NCCO1. The smallest absolute Gasteiger partial charge is 0.219 e. The molecule has 1 fully saturated rings. The molecule has 5 heteroatoms. The van der Waals surface area contributed by atoms with Gasteiger partial charge in [0.1, 0.15) is 6.61 Å². The van der Waals surface area contributed by atoms with Crippen LogP contribution in [0.2, 0.25) is 0 Å². The average Bonchev–Trinajstić information content (AvgIpc) is 2.16. The molecule has 1 N–H and O–H groups in total. The van der Waals surface area contributed by atoms with E-state index < -0.39 is 7.67 Å². The van der Waals surface area contributed by atoms with E-state index in [9.17, 15) is 0 Å². The lowest BCUT2D eigenvalue weighted by atomic mass is 10.8. The highest BCUT2D eigenvalue weighted by Gasteiger charge is 2.41. The summed E-state index contributed by atoms with van der Waals surface area (Å²) < 4.78 is 7.22. The Balaban J connectivity index is 2.51. The van der Waals surface area contributed by atoms with Gasteiger partial charge in [-0.05, 0) is 0 Å². The zero-order valence-electron chi connectivity index (χ0n) is 5.79. The first kappa shape index (κ1) is 7.48. The molecule has 1 aliphatic rings. The molecule has 1 atom stereocenters. The fourth-order valence-electron chi connectivity index (χ4n) is 0.693. The molecule has 9 heavy (non-hydrogen) atoms. The van der Waals surface area contributed by atoms with Crippen LogP contribution in [0.15, 0.2) is 0 Å². The van der Waals surface area contributed by atoms with Gasteiger partial charge in [-0.25, -0.2) is 4.52 Å². The van der Waals surface area contributed by atoms with Crippen molar-refractivity contribution in [1.82, 2.24) is 9.76 Å². The Labute approximate surface area is 57.6 Å². The first-order valence-corrected chi connectivity index (χ1v) is 4.63. The molecule has 0 amide bonds. The fourth-order valence-corrected chi connectivity index (χ4v) is 2.08. The molecule has 0 aromatic rings. The highest BCUT2D eigenvalue weighted by atomic mass is 31.2. The highest BCUT2D eigenvalue weighted by Crippen LogP contribution is 2.54. The zero-order chi connectivity index (χ0) is 6.91. The molecule has 0 aliphatic carbocycles. The average molecular weight is 145 g/mol. The Morgan fingerprint density at radius 2 is 2.33 bits per heavy atom. The van der Waals surface area contributed by atoms with Crippen molar-refractivity contribution >= 4 is 15.2 Å². The van der Waals surface area contributed by atoms with Crippen LogP contribution in [-0.2, 0) is 4.52 Å². The van der Waals surface area contributed by atoms with Gasteiger partial charge in [-0.15, -0.1) is 0 Å². The van der Waals surface area contributed by atoms with Crippen molar-refractivity contribution in [3.8, 4) is 0 Å². The summed E-state index contributed by atoms with van der Waals surface area (Å²) in [7, 11) is 7.84. The van der Waals surface area contributed by atoms with Crippen LogP contribution in [0.25, 0.3) is 0 Å². The third kappa shape index (κ3) is 1.44. The second-order valence-electron chi connectivity index (χ2n) is 2.21. The Kier molecular flexibility index (Phi) is 2.12. The summed E-state index contributed by atoms with van der Waals surface area (Å²) in [5, 5.41) is 3.12. The largest absolute Gasteiger partial charge is 0.452 e. The first-order valence-electron chi connectivity index (χ1n) is 2.90. The Morgan fingerprint density at radius 3 is 2.56 bits per heavy atom. The summed E-state index contributed by atoms with van der Waals surface area (Å²) in [5.41, 5.74) is 0. The molecule has 0 aromatic carbocycles. The lowest BCUT2D eigenvalue weighted by Crippen LogP contribution is -2.22. The van der Waals surface area contributed by atoms with Crippen molar-refractivity contribution in [2.45, 2.75) is 0 Å². The number of nitrogens with zero attached hydrogens (tertiary/aromatic N) is 1. The summed E-state index contributed by atoms with van der Waals surface area (Å²) in [4.78, 5) is 0. The van der Waals surface area contributed by atoms with E-state index in [1.54, 1.807) is 0 Å². The topological polar surface area (TPSA) is 24.5 Å². The second kappa shape index (κ2) is 2.55. The maximum absolute atomic E-state index is 5.81. The normalized spacial score (nSPS) is 35.9. The van der Waals surface area contributed by atoms with E-state index in [1.165, 1.54) is 0 Å². The summed E-state index contributed by atoms with van der Waals surface area (Å²) >= 11 is 0. The van der Waals surface area contributed by atoms with Gasteiger partial charge in [0.2, 0.25) is 7.67 Å². The van der Waals surface area contributed by atoms with Gasteiger partial charge in [0.05, 0.1) is 6.54 Å². The maximum atomic E-state index is 5.81. The van der Waals surface area contributed by atoms with Gasteiger partial charge in [0.25, 0.3) is 0 Å². The fraction of sp³-hybridized carbons (Fsp3) is 1.00. The van der Waals surface area contributed by atoms with Crippen LogP contribution in [0.5, 0.6) is 0 Å². The Morgan fingerprint density at radius 1 is 1.67 bits per heavy atom. The number of hydrogen-bond acceptors (Lipinski definition) is 3. The lowest BCUT2D eigenvalue weighted by molar-refractivity contribution is 0.368. The van der Waals surface area contributed by atoms with Crippen LogP contribution in [0.3, 0.4) is 0 Å². The van der Waals surface area contributed by atoms with Gasteiger partial charge in [-0.2, -0.15) is 9.76 Å². The standard InChI is InChI=1S/C4H11BN2OP/c1-7(2)9(5)6-3-4-8-9/h6H,3-4H2,1-2H3/q+1. The van der Waals surface area contributed by atoms with Crippen molar-refractivity contribution in [2.24, 2.45) is 0 Å². The van der Waals surface area contributed by atoms with Gasteiger partial charge in [0.15, 0.2) is 0 Å². The van der Waals surface area contributed by atoms with Crippen LogP contribution in [0, 0.1) is 0 Å². The van der Waals surface area contributed by atoms with Crippen LogP contribution in [-0.4, -0.2) is 39.5 Å². The third-order valence-electron chi connectivity index (χ3n) is 1.32. The second-order valence-corrected chi connectivity index (χ2v) is 4.83. The molecule has 0 aromatic heterocycles. The predicted molar refractivity (Wildman–Crippen MR) is 40.3 cm³/mol. The molecule has 1 heterocycles. The minimum atomic E-state index is -1.81. The van der Waals surface area contributed by atoms with E-state index in [1.807, 2.05) is 18.8 Å².